The van der Waals surface area contributed by atoms with Crippen LogP contribution in [0, 0.1) is 0 Å². The van der Waals surface area contributed by atoms with Crippen LogP contribution in [0.5, 0.6) is 17.4 Å². The predicted octanol–water partition coefficient (Wildman–Crippen LogP) is 5.48. The Hall–Kier alpha value is -3.46. The fourth-order valence-electron chi connectivity index (χ4n) is 3.86. The lowest BCUT2D eigenvalue weighted by atomic mass is 9.93. The highest BCUT2D eigenvalue weighted by Gasteiger charge is 2.44. The lowest BCUT2D eigenvalue weighted by Gasteiger charge is -2.22. The van der Waals surface area contributed by atoms with Gasteiger partial charge in [-0.1, -0.05) is 17.7 Å². The second-order valence-electron chi connectivity index (χ2n) is 7.87. The Labute approximate surface area is 191 Å². The number of benzene rings is 2. The molecule has 10 heteroatoms. The Bertz CT molecular complexity index is 1280. The van der Waals surface area contributed by atoms with Crippen LogP contribution in [-0.4, -0.2) is 23.3 Å². The quantitative estimate of drug-likeness (QED) is 0.542. The number of amides is 1. The number of aromatic nitrogens is 1. The van der Waals surface area contributed by atoms with Gasteiger partial charge in [0.15, 0.2) is 17.1 Å². The van der Waals surface area contributed by atoms with Crippen molar-refractivity contribution in [2.45, 2.75) is 25.1 Å². The third kappa shape index (κ3) is 3.82. The van der Waals surface area contributed by atoms with Crippen molar-refractivity contribution in [2.24, 2.45) is 0 Å². The highest BCUT2D eigenvalue weighted by Crippen LogP contribution is 2.43. The molecule has 2 aromatic carbocycles. The van der Waals surface area contributed by atoms with Crippen LogP contribution in [0.4, 0.5) is 18.9 Å². The van der Waals surface area contributed by atoms with Gasteiger partial charge in [0.2, 0.25) is 12.7 Å². The predicted molar refractivity (Wildman–Crippen MR) is 114 cm³/mol. The van der Waals surface area contributed by atoms with Gasteiger partial charge >= 0.3 is 6.18 Å². The maximum Gasteiger partial charge on any atom is 0.417 e. The number of ether oxygens (including phenoxy) is 3. The van der Waals surface area contributed by atoms with E-state index in [1.54, 1.807) is 25.3 Å². The molecule has 2 aliphatic rings. The van der Waals surface area contributed by atoms with Crippen LogP contribution in [0.3, 0.4) is 0 Å². The molecular weight excluding hydrogens is 461 g/mol. The molecule has 0 saturated heterocycles. The average molecular weight is 477 g/mol. The van der Waals surface area contributed by atoms with Crippen molar-refractivity contribution < 1.29 is 32.2 Å². The lowest BCUT2D eigenvalue weighted by Crippen LogP contribution is -2.44. The van der Waals surface area contributed by atoms with E-state index in [-0.39, 0.29) is 24.8 Å². The first kappa shape index (κ1) is 21.4. The number of hydrogen-bond donors (Lipinski definition) is 1. The highest BCUT2D eigenvalue weighted by molar-refractivity contribution is 6.31. The molecule has 6 nitrogen and oxygen atoms in total. The summed E-state index contributed by atoms with van der Waals surface area (Å²) in [6.45, 7) is 1.71. The lowest BCUT2D eigenvalue weighted by molar-refractivity contribution is -0.137. The van der Waals surface area contributed by atoms with E-state index in [1.165, 1.54) is 6.07 Å². The van der Waals surface area contributed by atoms with Crippen LogP contribution >= 0.6 is 11.6 Å². The fourth-order valence-corrected chi connectivity index (χ4v) is 4.09. The van der Waals surface area contributed by atoms with Crippen LogP contribution in [0.25, 0.3) is 11.1 Å². The Balaban J connectivity index is 1.41. The summed E-state index contributed by atoms with van der Waals surface area (Å²) in [6.07, 6.45) is -2.91. The van der Waals surface area contributed by atoms with E-state index < -0.39 is 28.3 Å². The molecule has 2 aliphatic heterocycles. The standard InChI is InChI=1S/C23H16ClF3N2O4/c1-22(21(30)29-13-3-4-17(24)16(9-13)23(25,26)27)10-15-14(6-7-28-20(15)33-22)12-2-5-18-19(8-12)32-11-31-18/h2-9H,10-11H2,1H3,(H,29,30). The zero-order valence-corrected chi connectivity index (χ0v) is 17.9. The highest BCUT2D eigenvalue weighted by atomic mass is 35.5. The molecule has 3 aromatic rings. The Kier molecular flexibility index (Phi) is 4.89. The molecule has 1 amide bonds. The smallest absolute Gasteiger partial charge is 0.417 e. The van der Waals surface area contributed by atoms with E-state index in [9.17, 15) is 18.0 Å². The number of anilines is 1. The zero-order valence-electron chi connectivity index (χ0n) is 17.1. The van der Waals surface area contributed by atoms with E-state index in [2.05, 4.69) is 10.3 Å². The molecule has 1 aromatic heterocycles. The molecule has 1 atom stereocenters. The second kappa shape index (κ2) is 7.55. The summed E-state index contributed by atoms with van der Waals surface area (Å²) in [5.41, 5.74) is -0.101. The number of carbonyl (C=O) groups excluding carboxylic acids is 1. The number of alkyl halides is 3. The van der Waals surface area contributed by atoms with Crippen molar-refractivity contribution in [3.8, 4) is 28.5 Å². The third-order valence-corrected chi connectivity index (χ3v) is 5.88. The Morgan fingerprint density at radius 3 is 2.70 bits per heavy atom. The summed E-state index contributed by atoms with van der Waals surface area (Å²) in [4.78, 5) is 17.3. The van der Waals surface area contributed by atoms with Gasteiger partial charge in [-0.3, -0.25) is 4.79 Å². The molecule has 0 spiro atoms. The van der Waals surface area contributed by atoms with Crippen molar-refractivity contribution in [3.05, 3.63) is 64.8 Å². The van der Waals surface area contributed by atoms with E-state index >= 15 is 0 Å². The second-order valence-corrected chi connectivity index (χ2v) is 8.27. The minimum absolute atomic E-state index is 0.0403. The molecular formula is C23H16ClF3N2O4. The van der Waals surface area contributed by atoms with Gasteiger partial charge in [0.1, 0.15) is 0 Å². The van der Waals surface area contributed by atoms with Crippen molar-refractivity contribution in [3.63, 3.8) is 0 Å². The molecule has 5 rings (SSSR count). The molecule has 170 valence electrons. The van der Waals surface area contributed by atoms with Gasteiger partial charge in [-0.25, -0.2) is 4.98 Å². The molecule has 3 heterocycles. The number of pyridine rings is 1. The number of hydrogen-bond acceptors (Lipinski definition) is 5. The molecule has 0 radical (unpaired) electrons. The van der Waals surface area contributed by atoms with E-state index in [4.69, 9.17) is 25.8 Å². The van der Waals surface area contributed by atoms with E-state index in [0.717, 1.165) is 23.3 Å². The van der Waals surface area contributed by atoms with Crippen LogP contribution < -0.4 is 19.5 Å². The zero-order chi connectivity index (χ0) is 23.4. The number of fused-ring (bicyclic) bond motifs is 2. The van der Waals surface area contributed by atoms with Gasteiger partial charge in [-0.05, 0) is 54.4 Å². The van der Waals surface area contributed by atoms with Crippen LogP contribution in [0.1, 0.15) is 18.1 Å². The summed E-state index contributed by atoms with van der Waals surface area (Å²) in [5.74, 6) is 0.939. The summed E-state index contributed by atoms with van der Waals surface area (Å²) < 4.78 is 56.2. The van der Waals surface area contributed by atoms with Gasteiger partial charge in [-0.2, -0.15) is 13.2 Å². The molecule has 1 N–H and O–H groups in total. The van der Waals surface area contributed by atoms with Crippen molar-refractivity contribution >= 4 is 23.2 Å². The van der Waals surface area contributed by atoms with Gasteiger partial charge in [0.05, 0.1) is 10.6 Å². The maximum atomic E-state index is 13.2. The number of nitrogens with zero attached hydrogens (tertiary/aromatic N) is 1. The van der Waals surface area contributed by atoms with Crippen LogP contribution in [0.2, 0.25) is 5.02 Å². The Morgan fingerprint density at radius 1 is 1.12 bits per heavy atom. The van der Waals surface area contributed by atoms with Crippen LogP contribution in [0.15, 0.2) is 48.7 Å². The molecule has 0 fully saturated rings. The number of halogens is 4. The summed E-state index contributed by atoms with van der Waals surface area (Å²) in [7, 11) is 0. The SMILES string of the molecule is CC1(C(=O)Nc2ccc(Cl)c(C(F)(F)F)c2)Cc2c(-c3ccc4c(c3)OCO4)ccnc2O1. The normalized spacial score (nSPS) is 18.6. The average Bonchev–Trinajstić information content (AvgIpc) is 3.37. The molecule has 0 aliphatic carbocycles. The first-order chi connectivity index (χ1) is 15.6. The van der Waals surface area contributed by atoms with Gasteiger partial charge < -0.3 is 19.5 Å². The maximum absolute atomic E-state index is 13.2. The topological polar surface area (TPSA) is 69.7 Å². The summed E-state index contributed by atoms with van der Waals surface area (Å²) in [5, 5.41) is 2.06. The van der Waals surface area contributed by atoms with Crippen molar-refractivity contribution in [2.75, 3.05) is 12.1 Å². The van der Waals surface area contributed by atoms with Crippen LogP contribution in [-0.2, 0) is 17.4 Å². The number of rotatable bonds is 3. The summed E-state index contributed by atoms with van der Waals surface area (Å²) >= 11 is 5.66. The van der Waals surface area contributed by atoms with E-state index in [0.29, 0.717) is 17.1 Å². The minimum Gasteiger partial charge on any atom is -0.461 e. The van der Waals surface area contributed by atoms with Gasteiger partial charge in [0, 0.05) is 23.9 Å². The van der Waals surface area contributed by atoms with Crippen molar-refractivity contribution in [1.82, 2.24) is 4.98 Å². The molecule has 0 bridgehead atoms. The number of carbonyl (C=O) groups is 1. The fraction of sp³-hybridized carbons (Fsp3) is 0.217. The van der Waals surface area contributed by atoms with E-state index in [1.807, 2.05) is 12.1 Å². The first-order valence-electron chi connectivity index (χ1n) is 9.89. The molecule has 33 heavy (non-hydrogen) atoms. The van der Waals surface area contributed by atoms with Gasteiger partial charge in [-0.15, -0.1) is 0 Å². The Morgan fingerprint density at radius 2 is 1.91 bits per heavy atom. The third-order valence-electron chi connectivity index (χ3n) is 5.55. The van der Waals surface area contributed by atoms with Gasteiger partial charge in [0.25, 0.3) is 5.91 Å². The summed E-state index contributed by atoms with van der Waals surface area (Å²) in [6, 6.07) is 10.5. The van der Waals surface area contributed by atoms with Crippen molar-refractivity contribution in [1.29, 1.82) is 0 Å². The first-order valence-corrected chi connectivity index (χ1v) is 10.3. The minimum atomic E-state index is -4.65. The number of nitrogens with one attached hydrogen (secondary N) is 1. The monoisotopic (exact) mass is 476 g/mol. The molecule has 1 unspecified atom stereocenters. The molecule has 0 saturated carbocycles. The largest absolute Gasteiger partial charge is 0.461 e.